The van der Waals surface area contributed by atoms with Gasteiger partial charge >= 0.3 is 0 Å². The highest BCUT2D eigenvalue weighted by Crippen LogP contribution is 2.29. The highest BCUT2D eigenvalue weighted by molar-refractivity contribution is 6.06. The van der Waals surface area contributed by atoms with Crippen molar-refractivity contribution in [1.29, 1.82) is 0 Å². The van der Waals surface area contributed by atoms with Gasteiger partial charge in [-0.3, -0.25) is 4.79 Å². The molecule has 0 bridgehead atoms. The smallest absolute Gasteiger partial charge is 0.251 e. The molecule has 0 aliphatic carbocycles. The molecular formula is C28H35N5O2. The van der Waals surface area contributed by atoms with E-state index in [2.05, 4.69) is 41.7 Å². The van der Waals surface area contributed by atoms with Gasteiger partial charge in [0.15, 0.2) is 5.82 Å². The second kappa shape index (κ2) is 10.4. The first kappa shape index (κ1) is 24.7. The molecule has 7 nitrogen and oxygen atoms in total. The van der Waals surface area contributed by atoms with E-state index in [1.807, 2.05) is 42.5 Å². The first-order valence-electron chi connectivity index (χ1n) is 12.2. The van der Waals surface area contributed by atoms with Gasteiger partial charge < -0.3 is 20.4 Å². The quantitative estimate of drug-likeness (QED) is 0.338. The maximum absolute atomic E-state index is 12.6. The van der Waals surface area contributed by atoms with Gasteiger partial charge in [-0.05, 0) is 42.0 Å². The SMILES string of the molecule is COCCc1nc2c(N)nc3ccccc3c2n1CCCCNC(=O)c1ccc(C(C)(C)C)cc1. The number of anilines is 1. The van der Waals surface area contributed by atoms with Crippen molar-refractivity contribution in [2.24, 2.45) is 0 Å². The number of imidazole rings is 1. The molecule has 7 heteroatoms. The lowest BCUT2D eigenvalue weighted by Crippen LogP contribution is -2.25. The van der Waals surface area contributed by atoms with Crippen LogP contribution in [0.5, 0.6) is 0 Å². The zero-order valence-corrected chi connectivity index (χ0v) is 21.1. The zero-order chi connectivity index (χ0) is 25.0. The van der Waals surface area contributed by atoms with Crippen LogP contribution in [0, 0.1) is 0 Å². The number of benzene rings is 2. The number of ether oxygens (including phenoxy) is 1. The molecule has 0 radical (unpaired) electrons. The number of nitrogens with zero attached hydrogens (tertiary/aromatic N) is 3. The Balaban J connectivity index is 1.43. The van der Waals surface area contributed by atoms with E-state index >= 15 is 0 Å². The van der Waals surface area contributed by atoms with Crippen molar-refractivity contribution in [2.75, 3.05) is 26.0 Å². The van der Waals surface area contributed by atoms with E-state index in [9.17, 15) is 4.79 Å². The van der Waals surface area contributed by atoms with E-state index in [0.29, 0.717) is 31.0 Å². The first-order valence-corrected chi connectivity index (χ1v) is 12.2. The van der Waals surface area contributed by atoms with Crippen molar-refractivity contribution < 1.29 is 9.53 Å². The number of hydrogen-bond donors (Lipinski definition) is 2. The molecular weight excluding hydrogens is 438 g/mol. The number of nitrogens with two attached hydrogens (primary N) is 1. The van der Waals surface area contributed by atoms with Crippen molar-refractivity contribution in [3.8, 4) is 0 Å². The lowest BCUT2D eigenvalue weighted by molar-refractivity contribution is 0.0952. The molecule has 0 saturated heterocycles. The molecule has 2 heterocycles. The average Bonchev–Trinajstić information content (AvgIpc) is 3.21. The number of nitrogen functional groups attached to an aromatic ring is 1. The number of fused-ring (bicyclic) bond motifs is 3. The Kier molecular flexibility index (Phi) is 7.36. The molecule has 0 atom stereocenters. The van der Waals surface area contributed by atoms with E-state index in [0.717, 1.165) is 47.1 Å². The van der Waals surface area contributed by atoms with Gasteiger partial charge in [-0.2, -0.15) is 0 Å². The Labute approximate surface area is 206 Å². The molecule has 0 unspecified atom stereocenters. The van der Waals surface area contributed by atoms with Crippen LogP contribution >= 0.6 is 0 Å². The fraction of sp³-hybridized carbons (Fsp3) is 0.393. The molecule has 35 heavy (non-hydrogen) atoms. The van der Waals surface area contributed by atoms with Crippen LogP contribution in [0.1, 0.15) is 55.4 Å². The van der Waals surface area contributed by atoms with E-state index in [-0.39, 0.29) is 11.3 Å². The molecule has 0 aliphatic rings. The van der Waals surface area contributed by atoms with Crippen molar-refractivity contribution in [3.05, 3.63) is 65.5 Å². The lowest BCUT2D eigenvalue weighted by atomic mass is 9.87. The number of hydrogen-bond acceptors (Lipinski definition) is 5. The minimum atomic E-state index is -0.0378. The van der Waals surface area contributed by atoms with E-state index in [1.54, 1.807) is 7.11 Å². The summed E-state index contributed by atoms with van der Waals surface area (Å²) in [6, 6.07) is 15.9. The van der Waals surface area contributed by atoms with Gasteiger partial charge in [0.1, 0.15) is 11.3 Å². The summed E-state index contributed by atoms with van der Waals surface area (Å²) in [5.74, 6) is 1.35. The second-order valence-electron chi connectivity index (χ2n) is 9.92. The number of carbonyl (C=O) groups is 1. The predicted octanol–water partition coefficient (Wildman–Crippen LogP) is 4.86. The Bertz CT molecular complexity index is 1320. The third-order valence-electron chi connectivity index (χ3n) is 6.33. The second-order valence-corrected chi connectivity index (χ2v) is 9.92. The molecule has 0 aliphatic heterocycles. The maximum Gasteiger partial charge on any atom is 0.251 e. The normalized spacial score (nSPS) is 11.9. The minimum absolute atomic E-state index is 0.0378. The summed E-state index contributed by atoms with van der Waals surface area (Å²) in [4.78, 5) is 21.9. The molecule has 2 aromatic heterocycles. The van der Waals surface area contributed by atoms with E-state index in [1.165, 1.54) is 5.56 Å². The highest BCUT2D eigenvalue weighted by atomic mass is 16.5. The van der Waals surface area contributed by atoms with Crippen LogP contribution in [0.4, 0.5) is 5.82 Å². The monoisotopic (exact) mass is 473 g/mol. The molecule has 4 rings (SSSR count). The van der Waals surface area contributed by atoms with Gasteiger partial charge in [-0.15, -0.1) is 0 Å². The third-order valence-corrected chi connectivity index (χ3v) is 6.33. The Morgan fingerprint density at radius 2 is 1.80 bits per heavy atom. The van der Waals surface area contributed by atoms with Crippen molar-refractivity contribution in [3.63, 3.8) is 0 Å². The predicted molar refractivity (Wildman–Crippen MR) is 142 cm³/mol. The molecule has 2 aromatic carbocycles. The summed E-state index contributed by atoms with van der Waals surface area (Å²) in [7, 11) is 1.69. The zero-order valence-electron chi connectivity index (χ0n) is 21.1. The summed E-state index contributed by atoms with van der Waals surface area (Å²) in [6.07, 6.45) is 2.44. The van der Waals surface area contributed by atoms with Crippen LogP contribution in [0.2, 0.25) is 0 Å². The number of amides is 1. The van der Waals surface area contributed by atoms with Gasteiger partial charge in [0, 0.05) is 37.6 Å². The van der Waals surface area contributed by atoms with Crippen LogP contribution in [0.25, 0.3) is 21.9 Å². The van der Waals surface area contributed by atoms with Crippen LogP contribution in [-0.4, -0.2) is 40.7 Å². The van der Waals surface area contributed by atoms with Crippen molar-refractivity contribution >= 4 is 33.7 Å². The van der Waals surface area contributed by atoms with Crippen LogP contribution in [0.3, 0.4) is 0 Å². The number of carbonyl (C=O) groups excluding carboxylic acids is 1. The molecule has 0 fully saturated rings. The molecule has 3 N–H and O–H groups in total. The fourth-order valence-electron chi connectivity index (χ4n) is 4.35. The molecule has 184 valence electrons. The summed E-state index contributed by atoms with van der Waals surface area (Å²) >= 11 is 0. The van der Waals surface area contributed by atoms with Gasteiger partial charge in [0.2, 0.25) is 0 Å². The summed E-state index contributed by atoms with van der Waals surface area (Å²) in [6.45, 7) is 8.47. The molecule has 1 amide bonds. The lowest BCUT2D eigenvalue weighted by Gasteiger charge is -2.19. The standard InChI is InChI=1S/C28H35N5O2/c1-28(2,3)20-13-11-19(12-14-20)27(34)30-16-7-8-17-33-23(15-18-35-4)32-24-25(33)21-9-5-6-10-22(21)31-26(24)29/h5-6,9-14H,7-8,15-18H2,1-4H3,(H2,29,31)(H,30,34). The van der Waals surface area contributed by atoms with Gasteiger partial charge in [0.05, 0.1) is 17.6 Å². The number of rotatable bonds is 9. The largest absolute Gasteiger partial charge is 0.384 e. The molecule has 0 saturated carbocycles. The van der Waals surface area contributed by atoms with E-state index in [4.69, 9.17) is 15.5 Å². The third kappa shape index (κ3) is 5.46. The maximum atomic E-state index is 12.6. The number of nitrogens with one attached hydrogen (secondary N) is 1. The number of para-hydroxylation sites is 1. The number of methoxy groups -OCH3 is 1. The number of unbranched alkanes of at least 4 members (excludes halogenated alkanes) is 1. The number of aryl methyl sites for hydroxylation is 1. The van der Waals surface area contributed by atoms with Gasteiger partial charge in [0.25, 0.3) is 5.91 Å². The van der Waals surface area contributed by atoms with Crippen LogP contribution in [-0.2, 0) is 23.1 Å². The first-order chi connectivity index (χ1) is 16.8. The Morgan fingerprint density at radius 3 is 2.51 bits per heavy atom. The van der Waals surface area contributed by atoms with Crippen molar-refractivity contribution in [1.82, 2.24) is 19.9 Å². The number of aromatic nitrogens is 3. The minimum Gasteiger partial charge on any atom is -0.384 e. The average molecular weight is 474 g/mol. The van der Waals surface area contributed by atoms with Gasteiger partial charge in [-0.1, -0.05) is 51.1 Å². The highest BCUT2D eigenvalue weighted by Gasteiger charge is 2.17. The Hall–Kier alpha value is -3.45. The Morgan fingerprint density at radius 1 is 1.06 bits per heavy atom. The topological polar surface area (TPSA) is 95.1 Å². The summed E-state index contributed by atoms with van der Waals surface area (Å²) in [5, 5.41) is 4.09. The summed E-state index contributed by atoms with van der Waals surface area (Å²) < 4.78 is 7.54. The van der Waals surface area contributed by atoms with Gasteiger partial charge in [-0.25, -0.2) is 9.97 Å². The molecule has 4 aromatic rings. The fourth-order valence-corrected chi connectivity index (χ4v) is 4.35. The number of pyridine rings is 1. The van der Waals surface area contributed by atoms with E-state index < -0.39 is 0 Å². The summed E-state index contributed by atoms with van der Waals surface area (Å²) in [5.41, 5.74) is 10.9. The molecule has 0 spiro atoms. The van der Waals surface area contributed by atoms with Crippen LogP contribution in [0.15, 0.2) is 48.5 Å². The van der Waals surface area contributed by atoms with Crippen molar-refractivity contribution in [2.45, 2.75) is 52.0 Å². The van der Waals surface area contributed by atoms with Crippen LogP contribution < -0.4 is 11.1 Å².